The van der Waals surface area contributed by atoms with Crippen LogP contribution in [-0.4, -0.2) is 67.2 Å². The van der Waals surface area contributed by atoms with Gasteiger partial charge >= 0.3 is 6.09 Å². The Labute approximate surface area is 258 Å². The normalized spacial score (nSPS) is 18.1. The number of rotatable bonds is 7. The number of amides is 2. The largest absolute Gasteiger partial charge is 0.619 e. The average molecular weight is 601 g/mol. The van der Waals surface area contributed by atoms with Gasteiger partial charge in [-0.2, -0.15) is 4.73 Å². The second-order valence-electron chi connectivity index (χ2n) is 11.9. The summed E-state index contributed by atoms with van der Waals surface area (Å²) in [5.74, 6) is 1.18. The van der Waals surface area contributed by atoms with Crippen LogP contribution in [0.5, 0.6) is 11.5 Å². The number of carbonyl (C=O) groups is 2. The van der Waals surface area contributed by atoms with Gasteiger partial charge in [0.15, 0.2) is 11.9 Å². The predicted octanol–water partition coefficient (Wildman–Crippen LogP) is 4.75. The van der Waals surface area contributed by atoms with Crippen LogP contribution in [0, 0.1) is 19.1 Å². The highest BCUT2D eigenvalue weighted by Crippen LogP contribution is 2.36. The molecule has 44 heavy (non-hydrogen) atoms. The van der Waals surface area contributed by atoms with Gasteiger partial charge in [0.1, 0.15) is 24.2 Å². The van der Waals surface area contributed by atoms with Crippen LogP contribution in [0.15, 0.2) is 54.7 Å². The number of anilines is 1. The van der Waals surface area contributed by atoms with Crippen LogP contribution in [0.3, 0.4) is 0 Å². The number of nitrogens with zero attached hydrogens (tertiary/aromatic N) is 4. The number of likely N-dealkylation sites (tertiary alicyclic amines) is 2. The lowest BCUT2D eigenvalue weighted by Gasteiger charge is -2.40. The minimum Gasteiger partial charge on any atom is -0.619 e. The summed E-state index contributed by atoms with van der Waals surface area (Å²) in [4.78, 5) is 32.3. The zero-order valence-electron chi connectivity index (χ0n) is 25.7. The summed E-state index contributed by atoms with van der Waals surface area (Å²) in [5, 5.41) is 11.9. The molecule has 2 amide bonds. The summed E-state index contributed by atoms with van der Waals surface area (Å²) in [6.07, 6.45) is 4.34. The Morgan fingerprint density at radius 3 is 2.50 bits per heavy atom. The van der Waals surface area contributed by atoms with E-state index in [4.69, 9.17) is 14.2 Å². The molecule has 0 unspecified atom stereocenters. The topological polar surface area (TPSA) is 98.5 Å². The maximum absolute atomic E-state index is 13.7. The molecule has 0 atom stereocenters. The van der Waals surface area contributed by atoms with E-state index < -0.39 is 0 Å². The van der Waals surface area contributed by atoms with Crippen LogP contribution in [0.1, 0.15) is 58.4 Å². The molecule has 3 aromatic rings. The van der Waals surface area contributed by atoms with E-state index in [0.29, 0.717) is 43.9 Å². The first kappa shape index (κ1) is 29.7. The molecule has 10 nitrogen and oxygen atoms in total. The van der Waals surface area contributed by atoms with Crippen LogP contribution < -0.4 is 19.1 Å². The number of methoxy groups -OCH3 is 1. The van der Waals surface area contributed by atoms with Crippen molar-refractivity contribution in [3.05, 3.63) is 87.9 Å². The van der Waals surface area contributed by atoms with Crippen LogP contribution in [0.25, 0.3) is 0 Å². The first-order chi connectivity index (χ1) is 21.3. The van der Waals surface area contributed by atoms with E-state index in [1.165, 1.54) is 6.20 Å². The highest BCUT2D eigenvalue weighted by molar-refractivity contribution is 5.98. The van der Waals surface area contributed by atoms with Gasteiger partial charge in [0.05, 0.1) is 18.4 Å². The number of ether oxygens (including phenoxy) is 3. The first-order valence-electron chi connectivity index (χ1n) is 15.4. The summed E-state index contributed by atoms with van der Waals surface area (Å²) in [6, 6.07) is 15.3. The number of hydrogen-bond donors (Lipinski definition) is 0. The first-order valence-corrected chi connectivity index (χ1v) is 15.4. The number of hydrogen-bond acceptors (Lipinski definition) is 7. The predicted molar refractivity (Wildman–Crippen MR) is 165 cm³/mol. The number of para-hydroxylation sites is 1. The molecule has 0 bridgehead atoms. The summed E-state index contributed by atoms with van der Waals surface area (Å²) in [5.41, 5.74) is 5.01. The standard InChI is InChI=1S/C34H40N4O6/c1-23-31(44-28-14-17-35(18-15-28)21-25-8-6-16-37(41)24(25)2)11-10-29(32(23)42-3)33(39)36-19-12-27(13-20-36)38-30-9-5-4-7-26(30)22-43-34(38)40/h4-11,16,27-28H,12-15,17-22H2,1-3H3. The van der Waals surface area contributed by atoms with Crippen molar-refractivity contribution in [3.63, 3.8) is 0 Å². The molecule has 3 aliphatic rings. The molecule has 4 heterocycles. The fraction of sp³-hybridized carbons (Fsp3) is 0.441. The smallest absolute Gasteiger partial charge is 0.414 e. The number of fused-ring (bicyclic) bond motifs is 1. The Hall–Kier alpha value is -4.31. The van der Waals surface area contributed by atoms with Crippen molar-refractivity contribution in [1.29, 1.82) is 0 Å². The van der Waals surface area contributed by atoms with Crippen molar-refractivity contribution in [2.75, 3.05) is 38.2 Å². The van der Waals surface area contributed by atoms with Gasteiger partial charge in [0.25, 0.3) is 5.91 Å². The molecule has 0 saturated carbocycles. The number of cyclic esters (lactones) is 1. The quantitative estimate of drug-likeness (QED) is 0.285. The van der Waals surface area contributed by atoms with Gasteiger partial charge in [-0.25, -0.2) is 4.79 Å². The Balaban J connectivity index is 1.06. The molecule has 232 valence electrons. The van der Waals surface area contributed by atoms with E-state index in [0.717, 1.165) is 71.0 Å². The van der Waals surface area contributed by atoms with Crippen LogP contribution in [-0.2, 0) is 17.9 Å². The fourth-order valence-electron chi connectivity index (χ4n) is 6.64. The molecule has 10 heteroatoms. The van der Waals surface area contributed by atoms with Gasteiger partial charge in [0.2, 0.25) is 0 Å². The van der Waals surface area contributed by atoms with Gasteiger partial charge < -0.3 is 24.3 Å². The van der Waals surface area contributed by atoms with Crippen molar-refractivity contribution in [1.82, 2.24) is 9.80 Å². The molecule has 1 aromatic heterocycles. The van der Waals surface area contributed by atoms with Crippen molar-refractivity contribution in [2.24, 2.45) is 0 Å². The Morgan fingerprint density at radius 1 is 1.00 bits per heavy atom. The molecule has 3 aliphatic heterocycles. The average Bonchev–Trinajstić information content (AvgIpc) is 3.04. The third-order valence-corrected chi connectivity index (χ3v) is 9.24. The number of aromatic nitrogens is 1. The Morgan fingerprint density at radius 2 is 1.75 bits per heavy atom. The second-order valence-corrected chi connectivity index (χ2v) is 11.9. The van der Waals surface area contributed by atoms with Gasteiger partial charge in [-0.3, -0.25) is 14.6 Å². The summed E-state index contributed by atoms with van der Waals surface area (Å²) < 4.78 is 18.5. The van der Waals surface area contributed by atoms with Gasteiger partial charge in [-0.1, -0.05) is 18.2 Å². The Bertz CT molecular complexity index is 1530. The lowest BCUT2D eigenvalue weighted by atomic mass is 9.99. The number of piperidine rings is 2. The van der Waals surface area contributed by atoms with Crippen molar-refractivity contribution in [2.45, 2.75) is 64.8 Å². The SMILES string of the molecule is COc1c(C(=O)N2CCC(N3C(=O)OCc4ccccc43)CC2)ccc(OC2CCN(Cc3ccc[n+]([O-])c3C)CC2)c1C. The maximum Gasteiger partial charge on any atom is 0.414 e. The fourth-order valence-corrected chi connectivity index (χ4v) is 6.64. The molecule has 2 aromatic carbocycles. The van der Waals surface area contributed by atoms with Crippen LogP contribution in [0.2, 0.25) is 0 Å². The molecule has 6 rings (SSSR count). The lowest BCUT2D eigenvalue weighted by Crippen LogP contribution is -2.50. The summed E-state index contributed by atoms with van der Waals surface area (Å²) >= 11 is 0. The molecule has 0 spiro atoms. The van der Waals surface area contributed by atoms with E-state index >= 15 is 0 Å². The molecular weight excluding hydrogens is 560 g/mol. The van der Waals surface area contributed by atoms with Crippen molar-refractivity contribution < 1.29 is 28.5 Å². The van der Waals surface area contributed by atoms with Gasteiger partial charge in [-0.15, -0.1) is 0 Å². The molecule has 0 aliphatic carbocycles. The Kier molecular flexibility index (Phi) is 8.61. The number of benzene rings is 2. The van der Waals surface area contributed by atoms with E-state index in [-0.39, 0.29) is 24.1 Å². The zero-order chi connectivity index (χ0) is 30.8. The molecule has 0 N–H and O–H groups in total. The van der Waals surface area contributed by atoms with E-state index in [9.17, 15) is 14.8 Å². The van der Waals surface area contributed by atoms with Gasteiger partial charge in [0, 0.05) is 68.4 Å². The minimum atomic E-state index is -0.324. The third kappa shape index (κ3) is 5.91. The number of pyridine rings is 1. The van der Waals surface area contributed by atoms with E-state index in [1.54, 1.807) is 24.1 Å². The molecule has 0 radical (unpaired) electrons. The second kappa shape index (κ2) is 12.7. The minimum absolute atomic E-state index is 0.0291. The molecule has 2 fully saturated rings. The van der Waals surface area contributed by atoms with E-state index in [2.05, 4.69) is 4.90 Å². The van der Waals surface area contributed by atoms with Crippen LogP contribution in [0.4, 0.5) is 10.5 Å². The highest BCUT2D eigenvalue weighted by atomic mass is 16.6. The summed E-state index contributed by atoms with van der Waals surface area (Å²) in [7, 11) is 1.59. The lowest BCUT2D eigenvalue weighted by molar-refractivity contribution is -0.612. The number of carbonyl (C=O) groups excluding carboxylic acids is 2. The third-order valence-electron chi connectivity index (χ3n) is 9.24. The van der Waals surface area contributed by atoms with Crippen molar-refractivity contribution in [3.8, 4) is 11.5 Å². The van der Waals surface area contributed by atoms with Gasteiger partial charge in [-0.05, 0) is 56.9 Å². The van der Waals surface area contributed by atoms with E-state index in [1.807, 2.05) is 55.1 Å². The summed E-state index contributed by atoms with van der Waals surface area (Å²) in [6.45, 7) is 7.65. The highest BCUT2D eigenvalue weighted by Gasteiger charge is 2.36. The molecular formula is C34H40N4O6. The van der Waals surface area contributed by atoms with Crippen LogP contribution >= 0.6 is 0 Å². The maximum atomic E-state index is 13.7. The monoisotopic (exact) mass is 600 g/mol. The molecule has 2 saturated heterocycles. The van der Waals surface area contributed by atoms with Crippen molar-refractivity contribution >= 4 is 17.7 Å². The zero-order valence-corrected chi connectivity index (χ0v) is 25.7.